The number of ether oxygens (including phenoxy) is 1. The molecular formula is C24H40O2. The first-order chi connectivity index (χ1) is 11.3. The van der Waals surface area contributed by atoms with Crippen LogP contribution in [-0.2, 0) is 17.3 Å². The highest BCUT2D eigenvalue weighted by Gasteiger charge is 2.57. The Labute approximate surface area is 161 Å². The van der Waals surface area contributed by atoms with Crippen LogP contribution in [0.25, 0.3) is 0 Å². The lowest BCUT2D eigenvalue weighted by atomic mass is 9.60. The van der Waals surface area contributed by atoms with Crippen molar-refractivity contribution in [3.63, 3.8) is 0 Å². The second-order valence-electron chi connectivity index (χ2n) is 12.2. The van der Waals surface area contributed by atoms with Gasteiger partial charge in [-0.2, -0.15) is 0 Å². The van der Waals surface area contributed by atoms with Gasteiger partial charge in [0, 0.05) is 33.9 Å². The highest BCUT2D eigenvalue weighted by atomic mass is 16.5. The Morgan fingerprint density at radius 2 is 1.27 bits per heavy atom. The second-order valence-corrected chi connectivity index (χ2v) is 12.2. The van der Waals surface area contributed by atoms with Crippen molar-refractivity contribution >= 4 is 0 Å². The van der Waals surface area contributed by atoms with E-state index in [2.05, 4.69) is 89.2 Å². The summed E-state index contributed by atoms with van der Waals surface area (Å²) < 4.78 is 6.84. The van der Waals surface area contributed by atoms with E-state index in [0.717, 1.165) is 23.3 Å². The molecule has 0 aromatic heterocycles. The Balaban J connectivity index is 2.84. The van der Waals surface area contributed by atoms with E-state index < -0.39 is 0 Å². The van der Waals surface area contributed by atoms with E-state index in [1.807, 2.05) is 0 Å². The van der Waals surface area contributed by atoms with Gasteiger partial charge in [-0.3, -0.25) is 0 Å². The van der Waals surface area contributed by atoms with Crippen LogP contribution in [0.3, 0.4) is 0 Å². The molecule has 0 fully saturated rings. The Morgan fingerprint density at radius 1 is 0.808 bits per heavy atom. The first kappa shape index (κ1) is 21.1. The maximum absolute atomic E-state index is 11.2. The average molecular weight is 361 g/mol. The van der Waals surface area contributed by atoms with Crippen molar-refractivity contribution < 1.29 is 9.84 Å². The second kappa shape index (κ2) is 5.66. The van der Waals surface area contributed by atoms with Gasteiger partial charge >= 0.3 is 0 Å². The van der Waals surface area contributed by atoms with E-state index >= 15 is 0 Å². The molecule has 0 atom stereocenters. The smallest absolute Gasteiger partial charge is 0.124 e. The molecule has 0 saturated carbocycles. The van der Waals surface area contributed by atoms with Crippen LogP contribution in [0.1, 0.15) is 99.8 Å². The largest absolute Gasteiger partial charge is 0.507 e. The van der Waals surface area contributed by atoms with Crippen LogP contribution in [0.5, 0.6) is 11.5 Å². The summed E-state index contributed by atoms with van der Waals surface area (Å²) in [7, 11) is 0. The van der Waals surface area contributed by atoms with E-state index in [4.69, 9.17) is 4.74 Å². The molecule has 0 bridgehead atoms. The summed E-state index contributed by atoms with van der Waals surface area (Å²) in [6.07, 6.45) is 0.833. The van der Waals surface area contributed by atoms with E-state index in [1.165, 1.54) is 5.56 Å². The van der Waals surface area contributed by atoms with Gasteiger partial charge in [0.15, 0.2) is 0 Å². The van der Waals surface area contributed by atoms with Crippen molar-refractivity contribution in [2.45, 2.75) is 106 Å². The van der Waals surface area contributed by atoms with Gasteiger partial charge in [0.1, 0.15) is 17.1 Å². The minimum Gasteiger partial charge on any atom is -0.507 e. The topological polar surface area (TPSA) is 29.5 Å². The number of hydrogen-bond donors (Lipinski definition) is 1. The zero-order valence-electron chi connectivity index (χ0n) is 19.1. The predicted octanol–water partition coefficient (Wildman–Crippen LogP) is 6.75. The van der Waals surface area contributed by atoms with Crippen LogP contribution in [-0.4, -0.2) is 10.7 Å². The summed E-state index contributed by atoms with van der Waals surface area (Å²) in [6.45, 7) is 26.6. The van der Waals surface area contributed by atoms with Crippen LogP contribution in [0.4, 0.5) is 0 Å². The van der Waals surface area contributed by atoms with Crippen LogP contribution in [0.2, 0.25) is 0 Å². The third-order valence-electron chi connectivity index (χ3n) is 6.06. The van der Waals surface area contributed by atoms with Crippen molar-refractivity contribution in [1.29, 1.82) is 0 Å². The lowest BCUT2D eigenvalue weighted by molar-refractivity contribution is -0.0987. The van der Waals surface area contributed by atoms with Gasteiger partial charge in [-0.05, 0) is 16.9 Å². The molecule has 2 rings (SSSR count). The van der Waals surface area contributed by atoms with Gasteiger partial charge in [0.05, 0.1) is 0 Å². The first-order valence-electron chi connectivity index (χ1n) is 9.92. The molecule has 1 aliphatic rings. The van der Waals surface area contributed by atoms with Crippen molar-refractivity contribution in [1.82, 2.24) is 0 Å². The lowest BCUT2D eigenvalue weighted by Gasteiger charge is -2.50. The van der Waals surface area contributed by atoms with E-state index in [9.17, 15) is 5.11 Å². The molecule has 1 heterocycles. The van der Waals surface area contributed by atoms with Gasteiger partial charge in [0.2, 0.25) is 0 Å². The molecule has 0 radical (unpaired) electrons. The summed E-state index contributed by atoms with van der Waals surface area (Å²) in [5, 5.41) is 11.2. The monoisotopic (exact) mass is 360 g/mol. The standard InChI is InChI=1S/C24H40O2/c1-20(2,3)16-13-17-15(18(19(16)25)21(4,5)6)14-24(26-17,22(7,8)9)23(10,11)12/h13,25H,14H2,1-12H3. The minimum absolute atomic E-state index is 0.0308. The summed E-state index contributed by atoms with van der Waals surface area (Å²) in [5.41, 5.74) is 2.55. The normalized spacial score (nSPS) is 17.8. The fraction of sp³-hybridized carbons (Fsp3) is 0.750. The van der Waals surface area contributed by atoms with E-state index in [1.54, 1.807) is 0 Å². The van der Waals surface area contributed by atoms with Crippen molar-refractivity contribution in [2.24, 2.45) is 10.8 Å². The molecule has 1 aromatic carbocycles. The number of phenolic OH excluding ortho intramolecular Hbond substituents is 1. The number of rotatable bonds is 0. The summed E-state index contributed by atoms with van der Waals surface area (Å²) >= 11 is 0. The molecule has 2 heteroatoms. The molecule has 1 aromatic rings. The Hall–Kier alpha value is -1.18. The van der Waals surface area contributed by atoms with Crippen LogP contribution < -0.4 is 4.74 Å². The van der Waals surface area contributed by atoms with Gasteiger partial charge < -0.3 is 9.84 Å². The summed E-state index contributed by atoms with van der Waals surface area (Å²) in [6, 6.07) is 2.10. The van der Waals surface area contributed by atoms with Gasteiger partial charge in [-0.25, -0.2) is 0 Å². The molecule has 0 spiro atoms. The Kier molecular flexibility index (Phi) is 4.60. The Bertz CT molecular complexity index is 684. The quantitative estimate of drug-likeness (QED) is 0.554. The minimum atomic E-state index is -0.314. The molecule has 0 saturated heterocycles. The fourth-order valence-corrected chi connectivity index (χ4v) is 4.77. The number of hydrogen-bond acceptors (Lipinski definition) is 2. The zero-order chi connectivity index (χ0) is 20.5. The first-order valence-corrected chi connectivity index (χ1v) is 9.92. The van der Waals surface area contributed by atoms with Crippen molar-refractivity contribution in [3.8, 4) is 11.5 Å². The highest BCUT2D eigenvalue weighted by molar-refractivity contribution is 5.60. The fourth-order valence-electron chi connectivity index (χ4n) is 4.77. The van der Waals surface area contributed by atoms with Gasteiger partial charge in [-0.1, -0.05) is 83.1 Å². The molecule has 0 amide bonds. The number of fused-ring (bicyclic) bond motifs is 1. The third kappa shape index (κ3) is 3.14. The molecule has 0 unspecified atom stereocenters. The van der Waals surface area contributed by atoms with Gasteiger partial charge in [0.25, 0.3) is 0 Å². The molecule has 26 heavy (non-hydrogen) atoms. The lowest BCUT2D eigenvalue weighted by Crippen LogP contribution is -2.56. The average Bonchev–Trinajstić information content (AvgIpc) is 2.73. The van der Waals surface area contributed by atoms with Crippen LogP contribution >= 0.6 is 0 Å². The predicted molar refractivity (Wildman–Crippen MR) is 111 cm³/mol. The molecule has 0 aliphatic carbocycles. The number of benzene rings is 1. The van der Waals surface area contributed by atoms with Crippen molar-refractivity contribution in [2.75, 3.05) is 0 Å². The molecular weight excluding hydrogens is 320 g/mol. The zero-order valence-corrected chi connectivity index (χ0v) is 19.1. The SMILES string of the molecule is CC(C)(C)c1cc2c(c(C(C)(C)C)c1O)CC(C(C)(C)C)(C(C)(C)C)O2. The van der Waals surface area contributed by atoms with Crippen molar-refractivity contribution in [3.05, 3.63) is 22.8 Å². The summed E-state index contributed by atoms with van der Waals surface area (Å²) in [4.78, 5) is 0. The van der Waals surface area contributed by atoms with E-state index in [0.29, 0.717) is 5.75 Å². The van der Waals surface area contributed by atoms with Crippen LogP contribution in [0, 0.1) is 10.8 Å². The molecule has 1 N–H and O–H groups in total. The maximum Gasteiger partial charge on any atom is 0.124 e. The number of aromatic hydroxyl groups is 1. The van der Waals surface area contributed by atoms with E-state index in [-0.39, 0.29) is 27.3 Å². The maximum atomic E-state index is 11.2. The summed E-state index contributed by atoms with van der Waals surface area (Å²) in [5.74, 6) is 1.41. The van der Waals surface area contributed by atoms with Gasteiger partial charge in [-0.15, -0.1) is 0 Å². The Morgan fingerprint density at radius 3 is 1.62 bits per heavy atom. The molecule has 2 nitrogen and oxygen atoms in total. The van der Waals surface area contributed by atoms with Crippen LogP contribution in [0.15, 0.2) is 6.07 Å². The third-order valence-corrected chi connectivity index (χ3v) is 6.06. The number of phenols is 1. The molecule has 148 valence electrons. The highest BCUT2D eigenvalue weighted by Crippen LogP contribution is 2.57. The molecule has 1 aliphatic heterocycles.